The molecule has 0 radical (unpaired) electrons. The van der Waals surface area contributed by atoms with Gasteiger partial charge >= 0.3 is 0 Å². The molecule has 0 bridgehead atoms. The summed E-state index contributed by atoms with van der Waals surface area (Å²) in [6.07, 6.45) is 5.00. The summed E-state index contributed by atoms with van der Waals surface area (Å²) in [5.41, 5.74) is 0. The van der Waals surface area contributed by atoms with E-state index in [1.165, 1.54) is 0 Å². The van der Waals surface area contributed by atoms with Gasteiger partial charge in [0, 0.05) is 0 Å². The Bertz CT molecular complexity index is 88.2. The first-order valence-corrected chi connectivity index (χ1v) is 4.28. The van der Waals surface area contributed by atoms with Gasteiger partial charge in [0.1, 0.15) is 0 Å². The van der Waals surface area contributed by atoms with E-state index in [1.54, 1.807) is 0 Å². The molecule has 0 rings (SSSR count). The van der Waals surface area contributed by atoms with Gasteiger partial charge in [0.15, 0.2) is 0 Å². The molecule has 0 N–H and O–H groups in total. The second-order valence-electron chi connectivity index (χ2n) is 3.40. The number of hydrogen-bond acceptors (Lipinski definition) is 0. The van der Waals surface area contributed by atoms with Gasteiger partial charge in [-0.2, -0.15) is 0 Å². The minimum atomic E-state index is 0.648. The van der Waals surface area contributed by atoms with Crippen LogP contribution in [0.4, 0.5) is 0 Å². The largest absolute Gasteiger partial charge is 0.103 e. The van der Waals surface area contributed by atoms with E-state index in [9.17, 15) is 0 Å². The van der Waals surface area contributed by atoms with Crippen molar-refractivity contribution in [3.8, 4) is 0 Å². The van der Waals surface area contributed by atoms with Crippen LogP contribution in [-0.4, -0.2) is 0 Å². The third-order valence-corrected chi connectivity index (χ3v) is 1.11. The van der Waals surface area contributed by atoms with Gasteiger partial charge < -0.3 is 0 Å². The molecule has 0 aliphatic rings. The van der Waals surface area contributed by atoms with Crippen LogP contribution in [0.3, 0.4) is 0 Å². The molecule has 11 heavy (non-hydrogen) atoms. The maximum Gasteiger partial charge on any atom is -0.0293 e. The smallest absolute Gasteiger partial charge is 0.0293 e. The number of rotatable bonds is 3. The summed E-state index contributed by atoms with van der Waals surface area (Å²) in [4.78, 5) is 0. The Morgan fingerprint density at radius 2 is 1.45 bits per heavy atom. The standard InChI is InChI=1S/C6H12.C5H10/c1-4-5-6(2)3;1-4-5(2)3/h4,6H,1,5H2,2-3H3;4-5H,1H2,2-3H3. The van der Waals surface area contributed by atoms with Crippen LogP contribution in [-0.2, 0) is 0 Å². The SMILES string of the molecule is C=CC(C)C.C=CCC(C)C. The third-order valence-electron chi connectivity index (χ3n) is 1.11. The normalized spacial score (nSPS) is 8.91. The van der Waals surface area contributed by atoms with E-state index in [2.05, 4.69) is 40.9 Å². The van der Waals surface area contributed by atoms with Gasteiger partial charge in [-0.25, -0.2) is 0 Å². The number of allylic oxidation sites excluding steroid dienone is 2. The van der Waals surface area contributed by atoms with Crippen molar-refractivity contribution in [2.75, 3.05) is 0 Å². The molecule has 0 spiro atoms. The molecule has 0 unspecified atom stereocenters. The zero-order chi connectivity index (χ0) is 9.28. The molecule has 0 aromatic carbocycles. The van der Waals surface area contributed by atoms with Crippen molar-refractivity contribution in [3.63, 3.8) is 0 Å². The van der Waals surface area contributed by atoms with E-state index in [1.807, 2.05) is 12.2 Å². The van der Waals surface area contributed by atoms with E-state index < -0.39 is 0 Å². The summed E-state index contributed by atoms with van der Waals surface area (Å²) in [6, 6.07) is 0. The number of hydrogen-bond donors (Lipinski definition) is 0. The minimum absolute atomic E-state index is 0.648. The van der Waals surface area contributed by atoms with Crippen LogP contribution in [0.15, 0.2) is 25.3 Å². The van der Waals surface area contributed by atoms with Crippen LogP contribution in [0.2, 0.25) is 0 Å². The van der Waals surface area contributed by atoms with Gasteiger partial charge in [-0.05, 0) is 18.3 Å². The average molecular weight is 154 g/mol. The highest BCUT2D eigenvalue weighted by molar-refractivity contribution is 4.69. The quantitative estimate of drug-likeness (QED) is 0.538. The van der Waals surface area contributed by atoms with Gasteiger partial charge in [0.25, 0.3) is 0 Å². The Morgan fingerprint density at radius 1 is 1.09 bits per heavy atom. The van der Waals surface area contributed by atoms with Crippen molar-refractivity contribution in [3.05, 3.63) is 25.3 Å². The monoisotopic (exact) mass is 154 g/mol. The Labute approximate surface area is 72.0 Å². The molecule has 0 fully saturated rings. The van der Waals surface area contributed by atoms with Crippen molar-refractivity contribution >= 4 is 0 Å². The fourth-order valence-electron chi connectivity index (χ4n) is 0.333. The molecule has 0 aliphatic heterocycles. The first kappa shape index (κ1) is 13.1. The zero-order valence-corrected chi connectivity index (χ0v) is 8.43. The topological polar surface area (TPSA) is 0 Å². The van der Waals surface area contributed by atoms with E-state index in [0.717, 1.165) is 12.3 Å². The van der Waals surface area contributed by atoms with Crippen molar-refractivity contribution < 1.29 is 0 Å². The van der Waals surface area contributed by atoms with Crippen LogP contribution < -0.4 is 0 Å². The zero-order valence-electron chi connectivity index (χ0n) is 8.43. The molecule has 0 aromatic rings. The summed E-state index contributed by atoms with van der Waals surface area (Å²) in [7, 11) is 0. The van der Waals surface area contributed by atoms with Crippen LogP contribution in [0, 0.1) is 11.8 Å². The summed E-state index contributed by atoms with van der Waals surface area (Å²) in [5, 5.41) is 0. The molecule has 0 aromatic heterocycles. The van der Waals surface area contributed by atoms with Crippen LogP contribution in [0.5, 0.6) is 0 Å². The highest BCUT2D eigenvalue weighted by Gasteiger charge is 1.82. The predicted molar refractivity (Wildman–Crippen MR) is 54.7 cm³/mol. The van der Waals surface area contributed by atoms with E-state index >= 15 is 0 Å². The Hall–Kier alpha value is -0.520. The summed E-state index contributed by atoms with van der Waals surface area (Å²) in [5.74, 6) is 1.43. The Balaban J connectivity index is 0. The summed E-state index contributed by atoms with van der Waals surface area (Å²) >= 11 is 0. The molecule has 0 heterocycles. The minimum Gasteiger partial charge on any atom is -0.103 e. The molecule has 0 nitrogen and oxygen atoms in total. The maximum atomic E-state index is 3.60. The lowest BCUT2D eigenvalue weighted by Gasteiger charge is -1.92. The van der Waals surface area contributed by atoms with Crippen molar-refractivity contribution in [1.82, 2.24) is 0 Å². The molecule has 0 heteroatoms. The van der Waals surface area contributed by atoms with Crippen molar-refractivity contribution in [2.24, 2.45) is 11.8 Å². The van der Waals surface area contributed by atoms with E-state index in [0.29, 0.717) is 5.92 Å². The van der Waals surface area contributed by atoms with Crippen molar-refractivity contribution in [1.29, 1.82) is 0 Å². The second-order valence-corrected chi connectivity index (χ2v) is 3.40. The van der Waals surface area contributed by atoms with E-state index in [-0.39, 0.29) is 0 Å². The molecule has 0 saturated carbocycles. The molecule has 0 amide bonds. The lowest BCUT2D eigenvalue weighted by atomic mass is 10.1. The highest BCUT2D eigenvalue weighted by Crippen LogP contribution is 1.96. The van der Waals surface area contributed by atoms with Gasteiger partial charge in [0.05, 0.1) is 0 Å². The lowest BCUT2D eigenvalue weighted by molar-refractivity contribution is 0.664. The average Bonchev–Trinajstić information content (AvgIpc) is 1.89. The Kier molecular flexibility index (Phi) is 11.3. The molecule has 0 saturated heterocycles. The molecule has 66 valence electrons. The lowest BCUT2D eigenvalue weighted by Crippen LogP contribution is -1.78. The molecule has 0 atom stereocenters. The van der Waals surface area contributed by atoms with Gasteiger partial charge in [0.2, 0.25) is 0 Å². The molecule has 0 aliphatic carbocycles. The van der Waals surface area contributed by atoms with Crippen molar-refractivity contribution in [2.45, 2.75) is 34.1 Å². The summed E-state index contributed by atoms with van der Waals surface area (Å²) in [6.45, 7) is 15.7. The van der Waals surface area contributed by atoms with Gasteiger partial charge in [-0.1, -0.05) is 39.8 Å². The Morgan fingerprint density at radius 3 is 1.45 bits per heavy atom. The first-order valence-electron chi connectivity index (χ1n) is 4.28. The maximum absolute atomic E-state index is 3.60. The van der Waals surface area contributed by atoms with Crippen LogP contribution >= 0.6 is 0 Å². The fraction of sp³-hybridized carbons (Fsp3) is 0.636. The highest BCUT2D eigenvalue weighted by atomic mass is 13.9. The second kappa shape index (κ2) is 9.48. The van der Waals surface area contributed by atoms with Gasteiger partial charge in [-0.3, -0.25) is 0 Å². The van der Waals surface area contributed by atoms with Gasteiger partial charge in [-0.15, -0.1) is 13.2 Å². The van der Waals surface area contributed by atoms with E-state index in [4.69, 9.17) is 0 Å². The third kappa shape index (κ3) is 26.4. The summed E-state index contributed by atoms with van der Waals surface area (Å²) < 4.78 is 0. The molecular formula is C11H22. The van der Waals surface area contributed by atoms with Crippen LogP contribution in [0.25, 0.3) is 0 Å². The first-order chi connectivity index (χ1) is 5.04. The fourth-order valence-corrected chi connectivity index (χ4v) is 0.333. The molecular weight excluding hydrogens is 132 g/mol. The predicted octanol–water partition coefficient (Wildman–Crippen LogP) is 4.05. The van der Waals surface area contributed by atoms with Crippen LogP contribution in [0.1, 0.15) is 34.1 Å².